The van der Waals surface area contributed by atoms with Crippen molar-refractivity contribution in [1.29, 1.82) is 5.26 Å². The Hall–Kier alpha value is -4.59. The molecule has 3 aromatic carbocycles. The van der Waals surface area contributed by atoms with E-state index in [1.807, 2.05) is 0 Å². The quantitative estimate of drug-likeness (QED) is 0.230. The maximum absolute atomic E-state index is 12.8. The third kappa shape index (κ3) is 6.48. The maximum Gasteiger partial charge on any atom is 0.416 e. The van der Waals surface area contributed by atoms with E-state index in [9.17, 15) is 28.5 Å². The second-order valence-corrected chi connectivity index (χ2v) is 7.05. The highest BCUT2D eigenvalue weighted by molar-refractivity contribution is 5.82. The molecule has 0 aliphatic heterocycles. The molecule has 0 aliphatic carbocycles. The van der Waals surface area contributed by atoms with Crippen LogP contribution in [0, 0.1) is 21.4 Å². The van der Waals surface area contributed by atoms with Crippen LogP contribution in [0.25, 0.3) is 0 Å². The molecule has 35 heavy (non-hydrogen) atoms. The predicted molar refractivity (Wildman–Crippen MR) is 122 cm³/mol. The van der Waals surface area contributed by atoms with Gasteiger partial charge < -0.3 is 9.47 Å². The summed E-state index contributed by atoms with van der Waals surface area (Å²) in [5, 5.41) is 24.3. The fraction of sp³-hybridized carbons (Fsp3) is 0.167. The molecule has 0 amide bonds. The Kier molecular flexibility index (Phi) is 7.88. The molecule has 0 saturated carbocycles. The molecule has 0 aromatic heterocycles. The van der Waals surface area contributed by atoms with Gasteiger partial charge in [0, 0.05) is 11.6 Å². The number of halogens is 3. The zero-order valence-corrected chi connectivity index (χ0v) is 18.4. The van der Waals surface area contributed by atoms with Gasteiger partial charge in [-0.2, -0.15) is 23.5 Å². The van der Waals surface area contributed by atoms with Crippen LogP contribution >= 0.6 is 0 Å². The van der Waals surface area contributed by atoms with E-state index >= 15 is 0 Å². The number of benzene rings is 3. The first kappa shape index (κ1) is 25.0. The summed E-state index contributed by atoms with van der Waals surface area (Å²) < 4.78 is 50.0. The van der Waals surface area contributed by atoms with Crippen LogP contribution in [0.3, 0.4) is 0 Å². The summed E-state index contributed by atoms with van der Waals surface area (Å²) in [6.07, 6.45) is -3.37. The van der Waals surface area contributed by atoms with E-state index in [2.05, 4.69) is 16.6 Å². The SMILES string of the molecule is CCOc1cc(/C=N\Nc2ccc(C(F)(F)F)cc2[N+](=O)[O-])ccc1OCc1ccccc1C#N. The van der Waals surface area contributed by atoms with Crippen molar-refractivity contribution in [1.82, 2.24) is 0 Å². The molecular weight excluding hydrogens is 465 g/mol. The highest BCUT2D eigenvalue weighted by Gasteiger charge is 2.33. The summed E-state index contributed by atoms with van der Waals surface area (Å²) in [5.74, 6) is 0.842. The molecule has 8 nitrogen and oxygen atoms in total. The zero-order valence-electron chi connectivity index (χ0n) is 18.4. The number of hydrogen-bond acceptors (Lipinski definition) is 7. The average molecular weight is 484 g/mol. The van der Waals surface area contributed by atoms with Crippen molar-refractivity contribution in [3.63, 3.8) is 0 Å². The van der Waals surface area contributed by atoms with Crippen molar-refractivity contribution in [2.75, 3.05) is 12.0 Å². The van der Waals surface area contributed by atoms with Gasteiger partial charge in [-0.25, -0.2) is 0 Å². The Bertz CT molecular complexity index is 1290. The van der Waals surface area contributed by atoms with E-state index in [-0.39, 0.29) is 12.3 Å². The van der Waals surface area contributed by atoms with Crippen molar-refractivity contribution < 1.29 is 27.6 Å². The molecule has 0 fully saturated rings. The van der Waals surface area contributed by atoms with Crippen LogP contribution in [0.4, 0.5) is 24.5 Å². The molecule has 11 heteroatoms. The number of hydrogen-bond donors (Lipinski definition) is 1. The smallest absolute Gasteiger partial charge is 0.416 e. The molecule has 3 rings (SSSR count). The molecule has 0 saturated heterocycles. The predicted octanol–water partition coefficient (Wildman–Crippen LogP) is 5.91. The number of nitro groups is 1. The number of ether oxygens (including phenoxy) is 2. The molecule has 0 radical (unpaired) electrons. The number of nitrogens with zero attached hydrogens (tertiary/aromatic N) is 3. The topological polar surface area (TPSA) is 110 Å². The van der Waals surface area contributed by atoms with Crippen molar-refractivity contribution in [3.8, 4) is 17.6 Å². The summed E-state index contributed by atoms with van der Waals surface area (Å²) in [6, 6.07) is 16.2. The number of nitro benzene ring substituents is 1. The Labute approximate surface area is 198 Å². The normalized spacial score (nSPS) is 11.2. The van der Waals surface area contributed by atoms with E-state index in [0.29, 0.717) is 40.9 Å². The van der Waals surface area contributed by atoms with Gasteiger partial charge in [0.05, 0.1) is 34.9 Å². The highest BCUT2D eigenvalue weighted by Crippen LogP contribution is 2.35. The number of nitrogens with one attached hydrogen (secondary N) is 1. The molecular formula is C24H19F3N4O4. The lowest BCUT2D eigenvalue weighted by Gasteiger charge is -2.13. The monoisotopic (exact) mass is 484 g/mol. The van der Waals surface area contributed by atoms with Crippen LogP contribution in [0.15, 0.2) is 65.8 Å². The van der Waals surface area contributed by atoms with Crippen molar-refractivity contribution in [2.45, 2.75) is 19.7 Å². The second-order valence-electron chi connectivity index (χ2n) is 7.05. The van der Waals surface area contributed by atoms with Gasteiger partial charge in [0.2, 0.25) is 0 Å². The standard InChI is InChI=1S/C24H19F3N4O4/c1-2-34-23-11-16(7-10-22(23)35-15-18-6-4-3-5-17(18)13-28)14-29-30-20-9-8-19(24(25,26)27)12-21(20)31(32)33/h3-12,14,30H,2,15H2,1H3/b29-14-. The second kappa shape index (κ2) is 11.0. The van der Waals surface area contributed by atoms with E-state index < -0.39 is 22.4 Å². The fourth-order valence-electron chi connectivity index (χ4n) is 3.03. The van der Waals surface area contributed by atoms with Crippen LogP contribution in [0.1, 0.15) is 29.2 Å². The van der Waals surface area contributed by atoms with E-state index in [0.717, 1.165) is 12.1 Å². The fourth-order valence-corrected chi connectivity index (χ4v) is 3.03. The number of rotatable bonds is 9. The van der Waals surface area contributed by atoms with E-state index in [1.165, 1.54) is 6.21 Å². The van der Waals surface area contributed by atoms with Crippen LogP contribution < -0.4 is 14.9 Å². The molecule has 0 spiro atoms. The third-order valence-corrected chi connectivity index (χ3v) is 4.71. The number of hydrazone groups is 1. The average Bonchev–Trinajstić information content (AvgIpc) is 2.83. The Morgan fingerprint density at radius 2 is 1.89 bits per heavy atom. The molecule has 3 aromatic rings. The van der Waals surface area contributed by atoms with Crippen molar-refractivity contribution in [2.24, 2.45) is 5.10 Å². The summed E-state index contributed by atoms with van der Waals surface area (Å²) in [6.45, 7) is 2.29. The van der Waals surface area contributed by atoms with Crippen LogP contribution in [-0.2, 0) is 12.8 Å². The molecule has 1 N–H and O–H groups in total. The van der Waals surface area contributed by atoms with Gasteiger partial charge in [-0.3, -0.25) is 15.5 Å². The summed E-state index contributed by atoms with van der Waals surface area (Å²) in [4.78, 5) is 10.3. The van der Waals surface area contributed by atoms with Crippen LogP contribution in [-0.4, -0.2) is 17.7 Å². The summed E-state index contributed by atoms with van der Waals surface area (Å²) in [5.41, 5.74) is 2.08. The first-order valence-electron chi connectivity index (χ1n) is 10.2. The number of alkyl halides is 3. The maximum atomic E-state index is 12.8. The minimum absolute atomic E-state index is 0.149. The Morgan fingerprint density at radius 3 is 2.57 bits per heavy atom. The largest absolute Gasteiger partial charge is 0.490 e. The van der Waals surface area contributed by atoms with Gasteiger partial charge >= 0.3 is 6.18 Å². The van der Waals surface area contributed by atoms with Crippen molar-refractivity contribution >= 4 is 17.6 Å². The van der Waals surface area contributed by atoms with Gasteiger partial charge in [-0.15, -0.1) is 0 Å². The minimum Gasteiger partial charge on any atom is -0.490 e. The molecule has 0 bridgehead atoms. The zero-order chi connectivity index (χ0) is 25.4. The summed E-state index contributed by atoms with van der Waals surface area (Å²) in [7, 11) is 0. The molecule has 0 heterocycles. The lowest BCUT2D eigenvalue weighted by Crippen LogP contribution is -2.06. The molecule has 0 atom stereocenters. The number of nitriles is 1. The first-order chi connectivity index (χ1) is 16.7. The van der Waals surface area contributed by atoms with Gasteiger partial charge in [-0.1, -0.05) is 18.2 Å². The molecule has 0 unspecified atom stereocenters. The molecule has 0 aliphatic rings. The van der Waals surface area contributed by atoms with Gasteiger partial charge in [-0.05, 0) is 48.9 Å². The Balaban J connectivity index is 1.76. The lowest BCUT2D eigenvalue weighted by atomic mass is 10.1. The van der Waals surface area contributed by atoms with E-state index in [4.69, 9.17) is 9.47 Å². The van der Waals surface area contributed by atoms with Gasteiger partial charge in [0.15, 0.2) is 11.5 Å². The third-order valence-electron chi connectivity index (χ3n) is 4.71. The highest BCUT2D eigenvalue weighted by atomic mass is 19.4. The minimum atomic E-state index is -4.71. The van der Waals surface area contributed by atoms with Crippen LogP contribution in [0.5, 0.6) is 11.5 Å². The Morgan fingerprint density at radius 1 is 1.11 bits per heavy atom. The first-order valence-corrected chi connectivity index (χ1v) is 10.2. The number of anilines is 1. The molecule has 180 valence electrons. The van der Waals surface area contributed by atoms with Crippen LogP contribution in [0.2, 0.25) is 0 Å². The van der Waals surface area contributed by atoms with E-state index in [1.54, 1.807) is 49.4 Å². The van der Waals surface area contributed by atoms with Gasteiger partial charge in [0.1, 0.15) is 12.3 Å². The van der Waals surface area contributed by atoms with Crippen molar-refractivity contribution in [3.05, 3.63) is 93.0 Å². The lowest BCUT2D eigenvalue weighted by molar-refractivity contribution is -0.384. The summed E-state index contributed by atoms with van der Waals surface area (Å²) >= 11 is 0. The van der Waals surface area contributed by atoms with Gasteiger partial charge in [0.25, 0.3) is 5.69 Å².